The van der Waals surface area contributed by atoms with Crippen LogP contribution >= 0.6 is 11.3 Å². The first-order valence-corrected chi connectivity index (χ1v) is 15.9. The number of rotatable bonds is 7. The summed E-state index contributed by atoms with van der Waals surface area (Å²) in [5, 5.41) is 7.75. The molecular formula is C29H30N6O3S2. The van der Waals surface area contributed by atoms with Crippen LogP contribution in [0.2, 0.25) is 0 Å². The van der Waals surface area contributed by atoms with Crippen molar-refractivity contribution in [2.75, 3.05) is 30.6 Å². The summed E-state index contributed by atoms with van der Waals surface area (Å²) in [6, 6.07) is 10.1. The number of anilines is 1. The van der Waals surface area contributed by atoms with E-state index in [-0.39, 0.29) is 17.7 Å². The molecule has 9 nitrogen and oxygen atoms in total. The third-order valence-corrected chi connectivity index (χ3v) is 9.67. The van der Waals surface area contributed by atoms with Gasteiger partial charge in [0.25, 0.3) is 0 Å². The summed E-state index contributed by atoms with van der Waals surface area (Å²) >= 11 is 1.65. The number of nitrogens with zero attached hydrogens (tertiary/aromatic N) is 6. The summed E-state index contributed by atoms with van der Waals surface area (Å²) < 4.78 is 31.3. The molecule has 0 saturated carbocycles. The number of sulfone groups is 1. The van der Waals surface area contributed by atoms with Crippen LogP contribution in [0.3, 0.4) is 0 Å². The molecule has 0 bridgehead atoms. The second-order valence-electron chi connectivity index (χ2n) is 10.4. The Labute approximate surface area is 237 Å². The number of hydrogen-bond acceptors (Lipinski definition) is 9. The van der Waals surface area contributed by atoms with Gasteiger partial charge in [-0.1, -0.05) is 0 Å². The Balaban J connectivity index is 1.49. The molecule has 0 aliphatic carbocycles. The van der Waals surface area contributed by atoms with Crippen LogP contribution in [-0.4, -0.2) is 64.9 Å². The zero-order chi connectivity index (χ0) is 28.2. The summed E-state index contributed by atoms with van der Waals surface area (Å²) in [6.07, 6.45) is 6.57. The van der Waals surface area contributed by atoms with E-state index in [2.05, 4.69) is 41.2 Å². The molecule has 1 aliphatic rings. The van der Waals surface area contributed by atoms with Gasteiger partial charge in [0.15, 0.2) is 5.82 Å². The lowest BCUT2D eigenvalue weighted by molar-refractivity contribution is 0.341. The number of fused-ring (bicyclic) bond motifs is 1. The van der Waals surface area contributed by atoms with E-state index in [4.69, 9.17) is 19.8 Å². The van der Waals surface area contributed by atoms with Crippen LogP contribution in [0.1, 0.15) is 18.2 Å². The van der Waals surface area contributed by atoms with Crippen molar-refractivity contribution in [3.63, 3.8) is 0 Å². The zero-order valence-corrected chi connectivity index (χ0v) is 24.6. The summed E-state index contributed by atoms with van der Waals surface area (Å²) in [4.78, 5) is 17.5. The largest absolute Gasteiger partial charge is 0.496 e. The van der Waals surface area contributed by atoms with E-state index in [9.17, 15) is 8.42 Å². The van der Waals surface area contributed by atoms with Crippen LogP contribution in [0, 0.1) is 19.8 Å². The highest BCUT2D eigenvalue weighted by atomic mass is 32.2. The van der Waals surface area contributed by atoms with Gasteiger partial charge in [-0.05, 0) is 56.0 Å². The first-order valence-electron chi connectivity index (χ1n) is 13.0. The summed E-state index contributed by atoms with van der Waals surface area (Å²) in [5.74, 6) is 1.66. The van der Waals surface area contributed by atoms with E-state index >= 15 is 0 Å². The smallest absolute Gasteiger partial charge is 0.156 e. The zero-order valence-electron chi connectivity index (χ0n) is 23.0. The van der Waals surface area contributed by atoms with Gasteiger partial charge in [0.2, 0.25) is 0 Å². The molecule has 1 fully saturated rings. The molecule has 2 atom stereocenters. The molecule has 5 aromatic heterocycles. The first-order chi connectivity index (χ1) is 19.1. The molecule has 5 aromatic rings. The van der Waals surface area contributed by atoms with Gasteiger partial charge in [-0.2, -0.15) is 5.10 Å². The molecule has 0 amide bonds. The molecule has 6 rings (SSSR count). The van der Waals surface area contributed by atoms with E-state index in [1.165, 1.54) is 6.26 Å². The Hall–Kier alpha value is -3.83. The fourth-order valence-corrected chi connectivity index (χ4v) is 7.44. The Bertz CT molecular complexity index is 1850. The normalized spacial score (nSPS) is 17.3. The SMILES string of the molecule is COc1ccncc1-c1cc2c(cnn2-c2cc(N3C[C@H](CS(C)(=O)=O)[C@H]3C)cc(-c3sccc3C)n2)c(C)n1. The lowest BCUT2D eigenvalue weighted by atomic mass is 9.91. The van der Waals surface area contributed by atoms with Gasteiger partial charge < -0.3 is 9.64 Å². The van der Waals surface area contributed by atoms with Crippen LogP contribution in [0.5, 0.6) is 5.75 Å². The van der Waals surface area contributed by atoms with Gasteiger partial charge in [-0.3, -0.25) is 9.97 Å². The Morgan fingerprint density at radius 2 is 1.93 bits per heavy atom. The van der Waals surface area contributed by atoms with Gasteiger partial charge in [0.1, 0.15) is 15.6 Å². The van der Waals surface area contributed by atoms with Crippen molar-refractivity contribution < 1.29 is 13.2 Å². The summed E-state index contributed by atoms with van der Waals surface area (Å²) in [5.41, 5.74) is 6.26. The maximum absolute atomic E-state index is 11.9. The fraction of sp³-hybridized carbons (Fsp3) is 0.310. The van der Waals surface area contributed by atoms with Crippen molar-refractivity contribution in [2.24, 2.45) is 5.92 Å². The molecule has 206 valence electrons. The molecule has 0 aromatic carbocycles. The van der Waals surface area contributed by atoms with E-state index in [0.717, 1.165) is 49.7 Å². The fourth-order valence-electron chi connectivity index (χ4n) is 5.39. The molecule has 0 N–H and O–H groups in total. The first kappa shape index (κ1) is 26.4. The number of pyridine rings is 3. The minimum Gasteiger partial charge on any atom is -0.496 e. The van der Waals surface area contributed by atoms with Crippen molar-refractivity contribution in [3.05, 3.63) is 65.6 Å². The van der Waals surface area contributed by atoms with Crippen molar-refractivity contribution in [1.29, 1.82) is 0 Å². The van der Waals surface area contributed by atoms with Crippen LogP contribution in [0.15, 0.2) is 54.3 Å². The Morgan fingerprint density at radius 3 is 2.62 bits per heavy atom. The highest BCUT2D eigenvalue weighted by molar-refractivity contribution is 7.90. The molecule has 1 saturated heterocycles. The molecule has 0 unspecified atom stereocenters. The predicted molar refractivity (Wildman–Crippen MR) is 159 cm³/mol. The maximum atomic E-state index is 11.9. The quantitative estimate of drug-likeness (QED) is 0.265. The second-order valence-corrected chi connectivity index (χ2v) is 13.5. The molecule has 40 heavy (non-hydrogen) atoms. The molecular weight excluding hydrogens is 544 g/mol. The predicted octanol–water partition coefficient (Wildman–Crippen LogP) is 5.10. The van der Waals surface area contributed by atoms with Gasteiger partial charge in [0, 0.05) is 60.0 Å². The van der Waals surface area contributed by atoms with E-state index in [1.807, 2.05) is 36.0 Å². The number of aromatic nitrogens is 5. The second kappa shape index (κ2) is 9.97. The number of hydrogen-bond donors (Lipinski definition) is 0. The standard InChI is InChI=1S/C29H30N6O3S2/c1-17-7-9-39-29(17)25-10-21(34-15-20(19(34)3)16-40(5,36)37)11-28(33-25)35-26-12-24(32-18(2)22(26)14-31-35)23-13-30-8-6-27(23)38-4/h6-14,19-20H,15-16H2,1-5H3/t19-,20-/m1/s1. The molecule has 0 spiro atoms. The van der Waals surface area contributed by atoms with E-state index in [1.54, 1.807) is 30.8 Å². The number of thiophene rings is 1. The summed E-state index contributed by atoms with van der Waals surface area (Å²) in [6.45, 7) is 6.81. The van der Waals surface area contributed by atoms with Crippen LogP contribution < -0.4 is 9.64 Å². The molecule has 0 radical (unpaired) electrons. The molecule has 6 heterocycles. The summed E-state index contributed by atoms with van der Waals surface area (Å²) in [7, 11) is -1.41. The maximum Gasteiger partial charge on any atom is 0.156 e. The van der Waals surface area contributed by atoms with Crippen molar-refractivity contribution >= 4 is 37.8 Å². The van der Waals surface area contributed by atoms with Crippen LogP contribution in [0.4, 0.5) is 5.69 Å². The molecule has 11 heteroatoms. The monoisotopic (exact) mass is 574 g/mol. The Kier molecular flexibility index (Phi) is 6.58. The third kappa shape index (κ3) is 4.73. The lowest BCUT2D eigenvalue weighted by Gasteiger charge is -2.48. The van der Waals surface area contributed by atoms with Gasteiger partial charge in [-0.25, -0.2) is 18.1 Å². The third-order valence-electron chi connectivity index (χ3n) is 7.60. The number of methoxy groups -OCH3 is 1. The number of aryl methyl sites for hydroxylation is 2. The average Bonchev–Trinajstić information content (AvgIpc) is 3.56. The highest BCUT2D eigenvalue weighted by Crippen LogP contribution is 2.38. The van der Waals surface area contributed by atoms with Crippen LogP contribution in [0.25, 0.3) is 38.5 Å². The minimum absolute atomic E-state index is 0.0905. The van der Waals surface area contributed by atoms with Crippen molar-refractivity contribution in [1.82, 2.24) is 24.7 Å². The van der Waals surface area contributed by atoms with E-state index < -0.39 is 9.84 Å². The topological polar surface area (TPSA) is 103 Å². The minimum atomic E-state index is -3.05. The van der Waals surface area contributed by atoms with Crippen molar-refractivity contribution in [2.45, 2.75) is 26.8 Å². The lowest BCUT2D eigenvalue weighted by Crippen LogP contribution is -2.57. The van der Waals surface area contributed by atoms with Gasteiger partial charge >= 0.3 is 0 Å². The van der Waals surface area contributed by atoms with Gasteiger partial charge in [0.05, 0.1) is 46.4 Å². The van der Waals surface area contributed by atoms with Crippen LogP contribution in [-0.2, 0) is 9.84 Å². The Morgan fingerprint density at radius 1 is 1.10 bits per heavy atom. The van der Waals surface area contributed by atoms with Crippen molar-refractivity contribution in [3.8, 4) is 33.4 Å². The highest BCUT2D eigenvalue weighted by Gasteiger charge is 2.38. The number of ether oxygens (including phenoxy) is 1. The van der Waals surface area contributed by atoms with E-state index in [0.29, 0.717) is 18.1 Å². The van der Waals surface area contributed by atoms with Gasteiger partial charge in [-0.15, -0.1) is 11.3 Å². The average molecular weight is 575 g/mol. The molecule has 1 aliphatic heterocycles.